The molecule has 0 aromatic carbocycles. The number of rotatable bonds is 25. The molecule has 1 aliphatic rings. The number of amides is 1. The van der Waals surface area contributed by atoms with Gasteiger partial charge in [-0.1, -0.05) is 88.8 Å². The van der Waals surface area contributed by atoms with Crippen LogP contribution in [0.2, 0.25) is 0 Å². The molecule has 0 radical (unpaired) electrons. The molecular formula is C32H57NO12S. The van der Waals surface area contributed by atoms with Crippen LogP contribution in [-0.2, 0) is 28.9 Å². The van der Waals surface area contributed by atoms with Crippen molar-refractivity contribution in [3.05, 3.63) is 36.5 Å². The average Bonchev–Trinajstić information content (AvgIpc) is 3.01. The maximum absolute atomic E-state index is 12.9. The molecule has 0 bridgehead atoms. The van der Waals surface area contributed by atoms with Crippen LogP contribution in [0.4, 0.5) is 0 Å². The fourth-order valence-corrected chi connectivity index (χ4v) is 5.24. The van der Waals surface area contributed by atoms with Gasteiger partial charge >= 0.3 is 10.4 Å². The normalized spacial score (nSPS) is 24.6. The third-order valence-corrected chi connectivity index (χ3v) is 7.97. The zero-order chi connectivity index (χ0) is 34.4. The van der Waals surface area contributed by atoms with Crippen molar-refractivity contribution < 1.29 is 57.0 Å². The maximum atomic E-state index is 12.9. The number of carbonyl (C=O) groups is 1. The number of hydrogen-bond acceptors (Lipinski definition) is 11. The van der Waals surface area contributed by atoms with Crippen molar-refractivity contribution in [3.8, 4) is 0 Å². The van der Waals surface area contributed by atoms with Crippen molar-refractivity contribution in [2.75, 3.05) is 13.2 Å². The Kier molecular flexibility index (Phi) is 22.5. The summed E-state index contributed by atoms with van der Waals surface area (Å²) < 4.78 is 46.9. The third-order valence-electron chi connectivity index (χ3n) is 7.50. The molecule has 8 unspecified atom stereocenters. The number of aliphatic hydroxyl groups excluding tert-OH is 5. The quantitative estimate of drug-likeness (QED) is 0.0422. The molecule has 0 aromatic rings. The fourth-order valence-electron chi connectivity index (χ4n) is 4.73. The van der Waals surface area contributed by atoms with Crippen LogP contribution in [0.15, 0.2) is 36.5 Å². The second kappa shape index (κ2) is 24.4. The van der Waals surface area contributed by atoms with Gasteiger partial charge in [-0.15, -0.1) is 0 Å². The fraction of sp³-hybridized carbons (Fsp3) is 0.781. The predicted octanol–water partition coefficient (Wildman–Crippen LogP) is 2.62. The first-order valence-corrected chi connectivity index (χ1v) is 17.8. The number of carbonyl (C=O) groups excluding carboxylic acids is 1. The van der Waals surface area contributed by atoms with Gasteiger partial charge in [-0.05, 0) is 44.9 Å². The van der Waals surface area contributed by atoms with Crippen LogP contribution in [0.25, 0.3) is 0 Å². The van der Waals surface area contributed by atoms with Crippen molar-refractivity contribution in [2.24, 2.45) is 0 Å². The molecule has 13 nitrogen and oxygen atoms in total. The molecule has 1 rings (SSSR count). The molecule has 8 atom stereocenters. The van der Waals surface area contributed by atoms with Gasteiger partial charge in [0.05, 0.1) is 25.4 Å². The predicted molar refractivity (Wildman–Crippen MR) is 173 cm³/mol. The van der Waals surface area contributed by atoms with Crippen molar-refractivity contribution in [1.29, 1.82) is 0 Å². The van der Waals surface area contributed by atoms with E-state index < -0.39 is 78.5 Å². The molecule has 0 aliphatic carbocycles. The van der Waals surface area contributed by atoms with E-state index in [0.717, 1.165) is 64.2 Å². The Morgan fingerprint density at radius 3 is 2.04 bits per heavy atom. The molecule has 0 spiro atoms. The molecule has 1 heterocycles. The number of nitrogens with one attached hydrogen (secondary N) is 1. The van der Waals surface area contributed by atoms with Gasteiger partial charge in [-0.3, -0.25) is 9.35 Å². The summed E-state index contributed by atoms with van der Waals surface area (Å²) in [5.74, 6) is -0.735. The molecule has 1 amide bonds. The topological polar surface area (TPSA) is 212 Å². The minimum absolute atomic E-state index is 0.213. The van der Waals surface area contributed by atoms with E-state index in [2.05, 4.69) is 41.6 Å². The Hall–Kier alpha value is -1.72. The molecule has 14 heteroatoms. The Bertz CT molecular complexity index is 1010. The minimum Gasteiger partial charge on any atom is -0.394 e. The highest BCUT2D eigenvalue weighted by molar-refractivity contribution is 7.80. The summed E-state index contributed by atoms with van der Waals surface area (Å²) in [6.07, 6.45) is 11.6. The van der Waals surface area contributed by atoms with Crippen LogP contribution in [0, 0.1) is 0 Å². The van der Waals surface area contributed by atoms with E-state index in [4.69, 9.17) is 14.0 Å². The zero-order valence-electron chi connectivity index (χ0n) is 27.2. The zero-order valence-corrected chi connectivity index (χ0v) is 28.0. The van der Waals surface area contributed by atoms with Crippen LogP contribution in [0.1, 0.15) is 97.3 Å². The summed E-state index contributed by atoms with van der Waals surface area (Å²) >= 11 is 0. The first-order valence-electron chi connectivity index (χ1n) is 16.5. The lowest BCUT2D eigenvalue weighted by atomic mass is 9.99. The van der Waals surface area contributed by atoms with Gasteiger partial charge in [-0.25, -0.2) is 4.18 Å². The number of allylic oxidation sites excluding steroid dienone is 5. The van der Waals surface area contributed by atoms with Gasteiger partial charge in [-0.2, -0.15) is 8.42 Å². The summed E-state index contributed by atoms with van der Waals surface area (Å²) in [5, 5.41) is 54.3. The molecule has 0 saturated carbocycles. The summed E-state index contributed by atoms with van der Waals surface area (Å²) in [6.45, 7) is 2.97. The van der Waals surface area contributed by atoms with E-state index in [1.165, 1.54) is 6.08 Å². The lowest BCUT2D eigenvalue weighted by molar-refractivity contribution is -0.298. The second-order valence-electron chi connectivity index (χ2n) is 11.5. The summed E-state index contributed by atoms with van der Waals surface area (Å²) in [5.41, 5.74) is 0. The van der Waals surface area contributed by atoms with Crippen LogP contribution in [-0.4, -0.2) is 107 Å². The van der Waals surface area contributed by atoms with Gasteiger partial charge in [0, 0.05) is 0 Å². The van der Waals surface area contributed by atoms with Gasteiger partial charge < -0.3 is 40.3 Å². The van der Waals surface area contributed by atoms with Crippen LogP contribution < -0.4 is 5.32 Å². The van der Waals surface area contributed by atoms with E-state index in [1.807, 2.05) is 6.08 Å². The lowest BCUT2D eigenvalue weighted by Gasteiger charge is -2.41. The molecule has 1 aliphatic heterocycles. The van der Waals surface area contributed by atoms with Gasteiger partial charge in [0.25, 0.3) is 0 Å². The average molecular weight is 680 g/mol. The van der Waals surface area contributed by atoms with Crippen LogP contribution >= 0.6 is 0 Å². The van der Waals surface area contributed by atoms with E-state index >= 15 is 0 Å². The molecular weight excluding hydrogens is 622 g/mol. The number of unbranched alkanes of at least 4 members (excludes halogenated alkanes) is 8. The number of ether oxygens (including phenoxy) is 2. The van der Waals surface area contributed by atoms with E-state index in [9.17, 15) is 38.7 Å². The molecule has 1 saturated heterocycles. The summed E-state index contributed by atoms with van der Waals surface area (Å²) in [6, 6.07) is -1.14. The monoisotopic (exact) mass is 679 g/mol. The standard InChI is InChI=1S/C32H57NO12S/c1-3-5-7-9-11-13-15-17-19-21-26(36)31(39)33-24(25(35)20-18-16-14-12-10-8-6-4-2)23-43-32-29(38)30(45-46(40,41)42)28(37)27(22-34)44-32/h9-12,18,20,24-30,32,34-38H,3-8,13-17,19,21-23H2,1-2H3,(H,33,39)(H,40,41,42)/b11-9-,12-10+,20-18+. The largest absolute Gasteiger partial charge is 0.397 e. The molecule has 46 heavy (non-hydrogen) atoms. The Balaban J connectivity index is 2.84. The van der Waals surface area contributed by atoms with Gasteiger partial charge in [0.15, 0.2) is 6.29 Å². The number of hydrogen-bond donors (Lipinski definition) is 7. The molecule has 268 valence electrons. The van der Waals surface area contributed by atoms with Crippen molar-refractivity contribution in [2.45, 2.75) is 146 Å². The SMILES string of the molecule is CCCC/C=C\CCCCCC(O)C(=O)NC(COC1OC(CO)C(O)C(OS(=O)(=O)O)C1O)C(O)/C=C/CC/C=C/CCCC. The van der Waals surface area contributed by atoms with Crippen molar-refractivity contribution >= 4 is 16.3 Å². The van der Waals surface area contributed by atoms with Crippen LogP contribution in [0.3, 0.4) is 0 Å². The van der Waals surface area contributed by atoms with E-state index in [-0.39, 0.29) is 6.42 Å². The van der Waals surface area contributed by atoms with Crippen molar-refractivity contribution in [3.63, 3.8) is 0 Å². The highest BCUT2D eigenvalue weighted by Gasteiger charge is 2.48. The second-order valence-corrected chi connectivity index (χ2v) is 12.6. The number of aliphatic hydroxyl groups is 5. The molecule has 0 aromatic heterocycles. The highest BCUT2D eigenvalue weighted by Crippen LogP contribution is 2.26. The first kappa shape index (κ1) is 42.3. The maximum Gasteiger partial charge on any atom is 0.397 e. The lowest BCUT2D eigenvalue weighted by Crippen LogP contribution is -2.61. The Morgan fingerprint density at radius 2 is 1.46 bits per heavy atom. The highest BCUT2D eigenvalue weighted by atomic mass is 32.3. The molecule has 1 fully saturated rings. The molecule has 7 N–H and O–H groups in total. The summed E-state index contributed by atoms with van der Waals surface area (Å²) in [7, 11) is -5.11. The van der Waals surface area contributed by atoms with E-state index in [0.29, 0.717) is 12.8 Å². The van der Waals surface area contributed by atoms with Gasteiger partial charge in [0.2, 0.25) is 5.91 Å². The Morgan fingerprint density at radius 1 is 0.870 bits per heavy atom. The summed E-state index contributed by atoms with van der Waals surface area (Å²) in [4.78, 5) is 12.9. The van der Waals surface area contributed by atoms with Crippen molar-refractivity contribution in [1.82, 2.24) is 5.32 Å². The van der Waals surface area contributed by atoms with Crippen LogP contribution in [0.5, 0.6) is 0 Å². The van der Waals surface area contributed by atoms with Gasteiger partial charge in [0.1, 0.15) is 30.5 Å². The van der Waals surface area contributed by atoms with E-state index in [1.54, 1.807) is 6.08 Å². The minimum atomic E-state index is -5.11. The third kappa shape index (κ3) is 18.0. The smallest absolute Gasteiger partial charge is 0.394 e. The Labute approximate surface area is 274 Å². The first-order chi connectivity index (χ1) is 21.9.